The Bertz CT molecular complexity index is 611. The van der Waals surface area contributed by atoms with Crippen LogP contribution in [0.5, 0.6) is 0 Å². The van der Waals surface area contributed by atoms with E-state index in [1.807, 2.05) is 6.92 Å². The lowest BCUT2D eigenvalue weighted by atomic mass is 10.2. The van der Waals surface area contributed by atoms with Crippen molar-refractivity contribution >= 4 is 37.2 Å². The Kier molecular flexibility index (Phi) is 4.08. The molecule has 0 aromatic heterocycles. The van der Waals surface area contributed by atoms with Crippen LogP contribution in [0.3, 0.4) is 0 Å². The van der Waals surface area contributed by atoms with E-state index in [-0.39, 0.29) is 27.4 Å². The zero-order valence-electron chi connectivity index (χ0n) is 10.3. The molecule has 0 saturated heterocycles. The highest BCUT2D eigenvalue weighted by molar-refractivity contribution is 8.13. The number of halogens is 2. The van der Waals surface area contributed by atoms with Crippen LogP contribution in [0.2, 0.25) is 5.02 Å². The van der Waals surface area contributed by atoms with Gasteiger partial charge >= 0.3 is 0 Å². The maximum absolute atomic E-state index is 12.3. The summed E-state index contributed by atoms with van der Waals surface area (Å²) >= 11 is 5.79. The molecule has 0 N–H and O–H groups in total. The Balaban J connectivity index is 2.38. The van der Waals surface area contributed by atoms with Crippen molar-refractivity contribution in [3.05, 3.63) is 28.8 Å². The van der Waals surface area contributed by atoms with E-state index in [1.54, 1.807) is 4.90 Å². The molecule has 1 aliphatic carbocycles. The molecule has 0 aliphatic heterocycles. The van der Waals surface area contributed by atoms with Crippen molar-refractivity contribution in [2.24, 2.45) is 0 Å². The molecular formula is C12H13Cl2NO3S. The lowest BCUT2D eigenvalue weighted by Crippen LogP contribution is -2.32. The van der Waals surface area contributed by atoms with E-state index in [0.717, 1.165) is 12.8 Å². The van der Waals surface area contributed by atoms with Crippen molar-refractivity contribution < 1.29 is 13.2 Å². The summed E-state index contributed by atoms with van der Waals surface area (Å²) in [7, 11) is 1.33. The van der Waals surface area contributed by atoms with Gasteiger partial charge in [-0.3, -0.25) is 4.79 Å². The predicted octanol–water partition coefficient (Wildman–Crippen LogP) is 2.89. The van der Waals surface area contributed by atoms with Crippen LogP contribution in [-0.4, -0.2) is 31.8 Å². The molecule has 0 bridgehead atoms. The average molecular weight is 322 g/mol. The first-order valence-electron chi connectivity index (χ1n) is 5.89. The Morgan fingerprint density at radius 2 is 2.05 bits per heavy atom. The Morgan fingerprint density at radius 1 is 1.42 bits per heavy atom. The minimum absolute atomic E-state index is 0.0148. The molecule has 0 heterocycles. The maximum Gasteiger partial charge on any atom is 0.262 e. The molecule has 1 aromatic carbocycles. The summed E-state index contributed by atoms with van der Waals surface area (Å²) in [6, 6.07) is 4.40. The molecule has 0 atom stereocenters. The van der Waals surface area contributed by atoms with E-state index in [0.29, 0.717) is 6.54 Å². The minimum atomic E-state index is -3.96. The lowest BCUT2D eigenvalue weighted by Gasteiger charge is -2.20. The molecule has 0 unspecified atom stereocenters. The fraction of sp³-hybridized carbons (Fsp3) is 0.417. The van der Waals surface area contributed by atoms with Crippen LogP contribution < -0.4 is 0 Å². The van der Waals surface area contributed by atoms with Crippen molar-refractivity contribution in [3.8, 4) is 0 Å². The van der Waals surface area contributed by atoms with Crippen LogP contribution in [0.1, 0.15) is 30.1 Å². The van der Waals surface area contributed by atoms with Crippen molar-refractivity contribution in [1.29, 1.82) is 0 Å². The highest BCUT2D eigenvalue weighted by Gasteiger charge is 2.32. The minimum Gasteiger partial charge on any atom is -0.336 e. The summed E-state index contributed by atoms with van der Waals surface area (Å²) in [5, 5.41) is 0.0148. The van der Waals surface area contributed by atoms with Gasteiger partial charge in [0.15, 0.2) is 0 Å². The Labute approximate surface area is 121 Å². The molecule has 2 rings (SSSR count). The smallest absolute Gasteiger partial charge is 0.262 e. The predicted molar refractivity (Wildman–Crippen MR) is 74.2 cm³/mol. The molecule has 0 spiro atoms. The number of amides is 1. The van der Waals surface area contributed by atoms with Crippen LogP contribution in [0.25, 0.3) is 0 Å². The summed E-state index contributed by atoms with van der Waals surface area (Å²) < 4.78 is 22.7. The molecular weight excluding hydrogens is 309 g/mol. The Morgan fingerprint density at radius 3 is 2.53 bits per heavy atom. The van der Waals surface area contributed by atoms with E-state index < -0.39 is 9.05 Å². The quantitative estimate of drug-likeness (QED) is 0.801. The van der Waals surface area contributed by atoms with Gasteiger partial charge < -0.3 is 4.90 Å². The summed E-state index contributed by atoms with van der Waals surface area (Å²) in [6.07, 6.45) is 1.99. The van der Waals surface area contributed by atoms with Gasteiger partial charge in [-0.15, -0.1) is 0 Å². The van der Waals surface area contributed by atoms with Gasteiger partial charge in [0.05, 0.1) is 5.02 Å². The average Bonchev–Trinajstić information content (AvgIpc) is 3.13. The largest absolute Gasteiger partial charge is 0.336 e. The van der Waals surface area contributed by atoms with Gasteiger partial charge in [-0.2, -0.15) is 0 Å². The number of hydrogen-bond donors (Lipinski definition) is 0. The molecule has 7 heteroatoms. The zero-order valence-corrected chi connectivity index (χ0v) is 12.6. The van der Waals surface area contributed by atoms with E-state index >= 15 is 0 Å². The zero-order chi connectivity index (χ0) is 14.2. The van der Waals surface area contributed by atoms with Gasteiger partial charge in [0.1, 0.15) is 4.90 Å². The third kappa shape index (κ3) is 3.22. The molecule has 1 amide bonds. The molecule has 104 valence electrons. The van der Waals surface area contributed by atoms with E-state index in [4.69, 9.17) is 22.3 Å². The molecule has 1 aromatic rings. The molecule has 0 radical (unpaired) electrons. The number of carbonyl (C=O) groups excluding carboxylic acids is 1. The molecule has 1 fully saturated rings. The van der Waals surface area contributed by atoms with Crippen molar-refractivity contribution in [2.75, 3.05) is 6.54 Å². The molecule has 1 saturated carbocycles. The molecule has 4 nitrogen and oxygen atoms in total. The maximum atomic E-state index is 12.3. The van der Waals surface area contributed by atoms with Gasteiger partial charge in [0.2, 0.25) is 0 Å². The summed E-state index contributed by atoms with van der Waals surface area (Å²) in [5.41, 5.74) is 0.289. The normalized spacial score (nSPS) is 15.3. The van der Waals surface area contributed by atoms with E-state index in [9.17, 15) is 13.2 Å². The second-order valence-electron chi connectivity index (χ2n) is 4.41. The van der Waals surface area contributed by atoms with Crippen LogP contribution in [0.4, 0.5) is 0 Å². The van der Waals surface area contributed by atoms with E-state index in [2.05, 4.69) is 0 Å². The Hall–Kier alpha value is -0.780. The van der Waals surface area contributed by atoms with Crippen molar-refractivity contribution in [2.45, 2.75) is 30.7 Å². The topological polar surface area (TPSA) is 54.5 Å². The first-order valence-corrected chi connectivity index (χ1v) is 8.58. The van der Waals surface area contributed by atoms with Crippen LogP contribution in [0, 0.1) is 0 Å². The SMILES string of the molecule is CCN(C(=O)c1ccc(Cl)c(S(=O)(=O)Cl)c1)C1CC1. The first-order chi connectivity index (χ1) is 8.84. The fourth-order valence-electron chi connectivity index (χ4n) is 1.94. The number of carbonyl (C=O) groups is 1. The highest BCUT2D eigenvalue weighted by atomic mass is 35.7. The standard InChI is InChI=1S/C12H13Cl2NO3S/c1-2-15(9-4-5-9)12(16)8-3-6-10(13)11(7-8)19(14,17)18/h3,6-7,9H,2,4-5H2,1H3. The van der Waals surface area contributed by atoms with Gasteiger partial charge in [-0.05, 0) is 38.0 Å². The number of hydrogen-bond acceptors (Lipinski definition) is 3. The monoisotopic (exact) mass is 321 g/mol. The summed E-state index contributed by atoms with van der Waals surface area (Å²) in [6.45, 7) is 2.49. The number of benzene rings is 1. The molecule has 19 heavy (non-hydrogen) atoms. The number of nitrogens with zero attached hydrogens (tertiary/aromatic N) is 1. The second kappa shape index (κ2) is 5.31. The highest BCUT2D eigenvalue weighted by Crippen LogP contribution is 2.30. The second-order valence-corrected chi connectivity index (χ2v) is 7.35. The van der Waals surface area contributed by atoms with Gasteiger partial charge in [-0.1, -0.05) is 11.6 Å². The summed E-state index contributed by atoms with van der Waals surface area (Å²) in [5.74, 6) is -0.191. The third-order valence-electron chi connectivity index (χ3n) is 3.03. The summed E-state index contributed by atoms with van der Waals surface area (Å²) in [4.78, 5) is 13.8. The van der Waals surface area contributed by atoms with E-state index in [1.165, 1.54) is 18.2 Å². The molecule has 1 aliphatic rings. The van der Waals surface area contributed by atoms with Crippen LogP contribution in [0.15, 0.2) is 23.1 Å². The van der Waals surface area contributed by atoms with Crippen molar-refractivity contribution in [3.63, 3.8) is 0 Å². The lowest BCUT2D eigenvalue weighted by molar-refractivity contribution is 0.0752. The van der Waals surface area contributed by atoms with Crippen molar-refractivity contribution in [1.82, 2.24) is 4.90 Å². The van der Waals surface area contributed by atoms with Gasteiger partial charge in [-0.25, -0.2) is 8.42 Å². The first kappa shape index (κ1) is 14.6. The third-order valence-corrected chi connectivity index (χ3v) is 4.83. The fourth-order valence-corrected chi connectivity index (χ4v) is 3.44. The van der Waals surface area contributed by atoms with Crippen LogP contribution >= 0.6 is 22.3 Å². The van der Waals surface area contributed by atoms with Gasteiger partial charge in [0.25, 0.3) is 15.0 Å². The van der Waals surface area contributed by atoms with Gasteiger partial charge in [0, 0.05) is 28.8 Å². The van der Waals surface area contributed by atoms with Crippen LogP contribution in [-0.2, 0) is 9.05 Å². The number of rotatable bonds is 4.